The number of esters is 1. The summed E-state index contributed by atoms with van der Waals surface area (Å²) < 4.78 is 4.83. The molecule has 0 saturated heterocycles. The topological polar surface area (TPSA) is 38.3 Å². The number of carbonyl (C=O) groups is 1. The minimum absolute atomic E-state index is 0.213. The Morgan fingerprint density at radius 3 is 2.53 bits per heavy atom. The van der Waals surface area contributed by atoms with Gasteiger partial charge >= 0.3 is 5.97 Å². The summed E-state index contributed by atoms with van der Waals surface area (Å²) in [6.45, 7) is 6.76. The van der Waals surface area contributed by atoms with Crippen LogP contribution < -0.4 is 5.32 Å². The molecule has 0 heterocycles. The van der Waals surface area contributed by atoms with Crippen LogP contribution in [-0.2, 0) is 9.53 Å². The van der Waals surface area contributed by atoms with Crippen molar-refractivity contribution in [1.82, 2.24) is 0 Å². The van der Waals surface area contributed by atoms with Crippen LogP contribution >= 0.6 is 11.8 Å². The summed E-state index contributed by atoms with van der Waals surface area (Å²) in [4.78, 5) is 12.4. The van der Waals surface area contributed by atoms with E-state index in [9.17, 15) is 4.79 Å². The third-order valence-corrected chi connectivity index (χ3v) is 2.98. The van der Waals surface area contributed by atoms with E-state index in [0.29, 0.717) is 11.9 Å². The quantitative estimate of drug-likeness (QED) is 0.624. The van der Waals surface area contributed by atoms with E-state index in [1.165, 1.54) is 4.90 Å². The molecule has 0 spiro atoms. The normalized spacial score (nSPS) is 10.4. The largest absolute Gasteiger partial charge is 0.465 e. The Morgan fingerprint density at radius 1 is 1.35 bits per heavy atom. The highest BCUT2D eigenvalue weighted by atomic mass is 32.2. The van der Waals surface area contributed by atoms with Crippen molar-refractivity contribution in [1.29, 1.82) is 0 Å². The van der Waals surface area contributed by atoms with Gasteiger partial charge < -0.3 is 10.1 Å². The molecule has 1 N–H and O–H groups in total. The monoisotopic (exact) mass is 253 g/mol. The zero-order chi connectivity index (χ0) is 12.7. The maximum Gasteiger partial charge on any atom is 0.325 e. The molecule has 0 radical (unpaired) electrons. The van der Waals surface area contributed by atoms with Gasteiger partial charge in [-0.1, -0.05) is 13.8 Å². The molecular weight excluding hydrogens is 234 g/mol. The maximum absolute atomic E-state index is 11.1. The lowest BCUT2D eigenvalue weighted by Gasteiger charge is -2.08. The van der Waals surface area contributed by atoms with Gasteiger partial charge in [-0.3, -0.25) is 4.79 Å². The zero-order valence-electron chi connectivity index (χ0n) is 10.5. The van der Waals surface area contributed by atoms with Gasteiger partial charge in [0, 0.05) is 15.8 Å². The molecule has 0 aliphatic rings. The van der Waals surface area contributed by atoms with Crippen LogP contribution in [0.1, 0.15) is 20.8 Å². The number of rotatable bonds is 6. The van der Waals surface area contributed by atoms with Crippen LogP contribution in [-0.4, -0.2) is 24.4 Å². The number of thioether (sulfide) groups is 1. The summed E-state index contributed by atoms with van der Waals surface area (Å²) in [7, 11) is 0. The third kappa shape index (κ3) is 5.63. The second-order valence-electron chi connectivity index (χ2n) is 3.85. The Morgan fingerprint density at radius 2 is 2.00 bits per heavy atom. The highest BCUT2D eigenvalue weighted by molar-refractivity contribution is 7.99. The van der Waals surface area contributed by atoms with Crippen molar-refractivity contribution >= 4 is 23.4 Å². The van der Waals surface area contributed by atoms with Crippen LogP contribution in [0, 0.1) is 0 Å². The average Bonchev–Trinajstić information content (AvgIpc) is 2.28. The molecule has 1 aromatic rings. The Balaban J connectivity index is 2.42. The van der Waals surface area contributed by atoms with Crippen molar-refractivity contribution < 1.29 is 9.53 Å². The van der Waals surface area contributed by atoms with E-state index in [0.717, 1.165) is 5.69 Å². The lowest BCUT2D eigenvalue weighted by atomic mass is 10.3. The Bertz CT molecular complexity index is 349. The second kappa shape index (κ2) is 7.22. The molecule has 1 aromatic carbocycles. The molecule has 0 unspecified atom stereocenters. The molecule has 4 heteroatoms. The molecule has 0 aliphatic heterocycles. The smallest absolute Gasteiger partial charge is 0.325 e. The molecule has 1 rings (SSSR count). The van der Waals surface area contributed by atoms with Gasteiger partial charge in [-0.05, 0) is 31.2 Å². The molecule has 3 nitrogen and oxygen atoms in total. The van der Waals surface area contributed by atoms with Crippen LogP contribution in [0.15, 0.2) is 29.2 Å². The van der Waals surface area contributed by atoms with Crippen molar-refractivity contribution in [3.63, 3.8) is 0 Å². The molecule has 94 valence electrons. The standard InChI is InChI=1S/C13H19NO2S/c1-4-16-13(15)9-14-11-5-7-12(8-6-11)17-10(2)3/h5-8,10,14H,4,9H2,1-3H3. The molecule has 0 saturated carbocycles. The van der Waals surface area contributed by atoms with Crippen molar-refractivity contribution in [2.75, 3.05) is 18.5 Å². The number of carbonyl (C=O) groups excluding carboxylic acids is 1. The van der Waals surface area contributed by atoms with Crippen LogP contribution in [0.4, 0.5) is 5.69 Å². The van der Waals surface area contributed by atoms with E-state index in [1.807, 2.05) is 23.9 Å². The molecule has 0 bridgehead atoms. The first-order valence-electron chi connectivity index (χ1n) is 5.78. The van der Waals surface area contributed by atoms with Crippen molar-refractivity contribution in [2.45, 2.75) is 30.9 Å². The Labute approximate surface area is 107 Å². The molecule has 0 amide bonds. The van der Waals surface area contributed by atoms with E-state index >= 15 is 0 Å². The summed E-state index contributed by atoms with van der Waals surface area (Å²) in [5, 5.41) is 3.60. The van der Waals surface area contributed by atoms with E-state index in [2.05, 4.69) is 31.3 Å². The maximum atomic E-state index is 11.1. The minimum atomic E-state index is -0.229. The minimum Gasteiger partial charge on any atom is -0.465 e. The number of hydrogen-bond acceptors (Lipinski definition) is 4. The Hall–Kier alpha value is -1.16. The van der Waals surface area contributed by atoms with Gasteiger partial charge in [-0.2, -0.15) is 0 Å². The summed E-state index contributed by atoms with van der Waals surface area (Å²) >= 11 is 1.82. The average molecular weight is 253 g/mol. The first-order chi connectivity index (χ1) is 8.11. The van der Waals surface area contributed by atoms with Gasteiger partial charge in [0.15, 0.2) is 0 Å². The fourth-order valence-corrected chi connectivity index (χ4v) is 2.15. The fraction of sp³-hybridized carbons (Fsp3) is 0.462. The van der Waals surface area contributed by atoms with Crippen LogP contribution in [0.25, 0.3) is 0 Å². The highest BCUT2D eigenvalue weighted by Gasteiger charge is 2.02. The lowest BCUT2D eigenvalue weighted by Crippen LogP contribution is -2.16. The number of hydrogen-bond donors (Lipinski definition) is 1. The molecular formula is C13H19NO2S. The van der Waals surface area contributed by atoms with Gasteiger partial charge in [0.1, 0.15) is 6.54 Å². The van der Waals surface area contributed by atoms with E-state index in [1.54, 1.807) is 6.92 Å². The van der Waals surface area contributed by atoms with Crippen LogP contribution in [0.5, 0.6) is 0 Å². The van der Waals surface area contributed by atoms with Crippen LogP contribution in [0.2, 0.25) is 0 Å². The molecule has 17 heavy (non-hydrogen) atoms. The molecule has 0 aromatic heterocycles. The molecule has 0 aliphatic carbocycles. The summed E-state index contributed by atoms with van der Waals surface area (Å²) in [5.41, 5.74) is 0.936. The van der Waals surface area contributed by atoms with Gasteiger partial charge in [0.2, 0.25) is 0 Å². The summed E-state index contributed by atoms with van der Waals surface area (Å²) in [6.07, 6.45) is 0. The predicted octanol–water partition coefficient (Wildman–Crippen LogP) is 3.16. The number of ether oxygens (including phenoxy) is 1. The zero-order valence-corrected chi connectivity index (χ0v) is 11.3. The van der Waals surface area contributed by atoms with Gasteiger partial charge in [-0.15, -0.1) is 11.8 Å². The van der Waals surface area contributed by atoms with Crippen molar-refractivity contribution in [2.24, 2.45) is 0 Å². The first kappa shape index (κ1) is 13.9. The van der Waals surface area contributed by atoms with E-state index in [-0.39, 0.29) is 12.5 Å². The number of anilines is 1. The van der Waals surface area contributed by atoms with E-state index < -0.39 is 0 Å². The van der Waals surface area contributed by atoms with Gasteiger partial charge in [0.05, 0.1) is 6.61 Å². The van der Waals surface area contributed by atoms with E-state index in [4.69, 9.17) is 4.74 Å². The van der Waals surface area contributed by atoms with Crippen molar-refractivity contribution in [3.05, 3.63) is 24.3 Å². The fourth-order valence-electron chi connectivity index (χ4n) is 1.31. The van der Waals surface area contributed by atoms with Gasteiger partial charge in [0.25, 0.3) is 0 Å². The first-order valence-corrected chi connectivity index (χ1v) is 6.66. The summed E-state index contributed by atoms with van der Waals surface area (Å²) in [6, 6.07) is 8.06. The molecule has 0 fully saturated rings. The van der Waals surface area contributed by atoms with Crippen LogP contribution in [0.3, 0.4) is 0 Å². The number of benzene rings is 1. The Kier molecular flexibility index (Phi) is 5.91. The van der Waals surface area contributed by atoms with Gasteiger partial charge in [-0.25, -0.2) is 0 Å². The lowest BCUT2D eigenvalue weighted by molar-refractivity contribution is -0.140. The van der Waals surface area contributed by atoms with Crippen molar-refractivity contribution in [3.8, 4) is 0 Å². The summed E-state index contributed by atoms with van der Waals surface area (Å²) in [5.74, 6) is -0.229. The third-order valence-electron chi connectivity index (χ3n) is 1.97. The highest BCUT2D eigenvalue weighted by Crippen LogP contribution is 2.23. The molecule has 0 atom stereocenters. The second-order valence-corrected chi connectivity index (χ2v) is 5.50. The predicted molar refractivity (Wildman–Crippen MR) is 72.6 cm³/mol. The SMILES string of the molecule is CCOC(=O)CNc1ccc(SC(C)C)cc1. The number of nitrogens with one attached hydrogen (secondary N) is 1.